The number of amides is 1. The van der Waals surface area contributed by atoms with E-state index >= 15 is 0 Å². The molecular weight excluding hydrogens is 248 g/mol. The van der Waals surface area contributed by atoms with Crippen LogP contribution in [-0.2, 0) is 4.74 Å². The normalized spacial score (nSPS) is 10.2. The van der Waals surface area contributed by atoms with Crippen LogP contribution in [0.5, 0.6) is 0 Å². The monoisotopic (exact) mass is 266 g/mol. The molecule has 0 aliphatic carbocycles. The standard InChI is InChI=1S/C13H18N2O4/c1-10-4-3-5-11(14-10)12(16)6-7-15(13(17)18)8-9-19-2/h3-5H,6-9H2,1-2H3,(H,17,18). The molecule has 1 rings (SSSR count). The predicted octanol–water partition coefficient (Wildman–Crippen LogP) is 1.59. The first-order valence-electron chi connectivity index (χ1n) is 5.98. The number of Topliss-reactive ketones (excluding diaryl/α,β-unsaturated/α-hetero) is 1. The molecule has 0 bridgehead atoms. The minimum atomic E-state index is -1.05. The van der Waals surface area contributed by atoms with Gasteiger partial charge in [-0.2, -0.15) is 0 Å². The second kappa shape index (κ2) is 7.48. The predicted molar refractivity (Wildman–Crippen MR) is 69.4 cm³/mol. The minimum Gasteiger partial charge on any atom is -0.465 e. The van der Waals surface area contributed by atoms with E-state index in [1.54, 1.807) is 25.1 Å². The molecule has 0 aliphatic heterocycles. The zero-order valence-corrected chi connectivity index (χ0v) is 11.1. The molecule has 1 N–H and O–H groups in total. The highest BCUT2D eigenvalue weighted by Crippen LogP contribution is 2.03. The van der Waals surface area contributed by atoms with E-state index in [9.17, 15) is 9.59 Å². The topological polar surface area (TPSA) is 79.7 Å². The molecule has 1 amide bonds. The Kier molecular flexibility index (Phi) is 5.95. The van der Waals surface area contributed by atoms with Crippen molar-refractivity contribution in [2.24, 2.45) is 0 Å². The molecule has 0 aliphatic rings. The van der Waals surface area contributed by atoms with Crippen molar-refractivity contribution in [1.82, 2.24) is 9.88 Å². The summed E-state index contributed by atoms with van der Waals surface area (Å²) in [7, 11) is 1.50. The third-order valence-electron chi connectivity index (χ3n) is 2.62. The number of rotatable bonds is 7. The van der Waals surface area contributed by atoms with Crippen LogP contribution < -0.4 is 0 Å². The van der Waals surface area contributed by atoms with Crippen LogP contribution in [0.3, 0.4) is 0 Å². The average molecular weight is 266 g/mol. The second-order valence-corrected chi connectivity index (χ2v) is 4.10. The highest BCUT2D eigenvalue weighted by molar-refractivity contribution is 5.94. The third kappa shape index (κ3) is 5.05. The summed E-state index contributed by atoms with van der Waals surface area (Å²) >= 11 is 0. The Hall–Kier alpha value is -1.95. The fourth-order valence-corrected chi connectivity index (χ4v) is 1.57. The molecule has 0 unspecified atom stereocenters. The molecule has 1 aromatic rings. The number of aromatic nitrogens is 1. The zero-order valence-electron chi connectivity index (χ0n) is 11.1. The van der Waals surface area contributed by atoms with Crippen molar-refractivity contribution in [3.05, 3.63) is 29.6 Å². The number of carbonyl (C=O) groups excluding carboxylic acids is 1. The maximum atomic E-state index is 11.9. The van der Waals surface area contributed by atoms with Crippen molar-refractivity contribution < 1.29 is 19.4 Å². The van der Waals surface area contributed by atoms with Gasteiger partial charge in [0.25, 0.3) is 0 Å². The summed E-state index contributed by atoms with van der Waals surface area (Å²) in [5.74, 6) is -0.160. The van der Waals surface area contributed by atoms with E-state index in [2.05, 4.69) is 4.98 Å². The third-order valence-corrected chi connectivity index (χ3v) is 2.62. The van der Waals surface area contributed by atoms with Crippen LogP contribution in [-0.4, -0.2) is 53.7 Å². The van der Waals surface area contributed by atoms with Gasteiger partial charge in [-0.3, -0.25) is 9.78 Å². The quantitative estimate of drug-likeness (QED) is 0.758. The number of pyridine rings is 1. The lowest BCUT2D eigenvalue weighted by molar-refractivity contribution is 0.0932. The molecule has 0 saturated carbocycles. The van der Waals surface area contributed by atoms with Crippen LogP contribution in [0, 0.1) is 6.92 Å². The fraction of sp³-hybridized carbons (Fsp3) is 0.462. The molecule has 6 nitrogen and oxygen atoms in total. The summed E-state index contributed by atoms with van der Waals surface area (Å²) in [6.45, 7) is 2.51. The molecule has 0 radical (unpaired) electrons. The van der Waals surface area contributed by atoms with E-state index in [-0.39, 0.29) is 25.3 Å². The highest BCUT2D eigenvalue weighted by Gasteiger charge is 2.14. The van der Waals surface area contributed by atoms with Crippen molar-refractivity contribution in [3.8, 4) is 0 Å². The van der Waals surface area contributed by atoms with Crippen LogP contribution in [0.1, 0.15) is 22.6 Å². The van der Waals surface area contributed by atoms with E-state index in [1.165, 1.54) is 7.11 Å². The Morgan fingerprint density at radius 2 is 2.11 bits per heavy atom. The number of ketones is 1. The Bertz CT molecular complexity index is 448. The first kappa shape index (κ1) is 15.1. The van der Waals surface area contributed by atoms with Gasteiger partial charge in [0.1, 0.15) is 5.69 Å². The van der Waals surface area contributed by atoms with Crippen molar-refractivity contribution in [2.45, 2.75) is 13.3 Å². The summed E-state index contributed by atoms with van der Waals surface area (Å²) in [4.78, 5) is 28.1. The fourth-order valence-electron chi connectivity index (χ4n) is 1.57. The maximum absolute atomic E-state index is 11.9. The Morgan fingerprint density at radius 3 is 2.68 bits per heavy atom. The molecule has 6 heteroatoms. The van der Waals surface area contributed by atoms with Crippen molar-refractivity contribution >= 4 is 11.9 Å². The number of nitrogens with zero attached hydrogens (tertiary/aromatic N) is 2. The van der Waals surface area contributed by atoms with Gasteiger partial charge in [-0.15, -0.1) is 0 Å². The minimum absolute atomic E-state index is 0.118. The Balaban J connectivity index is 2.54. The molecule has 104 valence electrons. The first-order chi connectivity index (χ1) is 9.04. The van der Waals surface area contributed by atoms with Crippen molar-refractivity contribution in [2.75, 3.05) is 26.8 Å². The van der Waals surface area contributed by atoms with E-state index in [4.69, 9.17) is 9.84 Å². The van der Waals surface area contributed by atoms with Crippen LogP contribution in [0.15, 0.2) is 18.2 Å². The van der Waals surface area contributed by atoms with Crippen LogP contribution in [0.4, 0.5) is 4.79 Å². The molecular formula is C13H18N2O4. The summed E-state index contributed by atoms with van der Waals surface area (Å²) in [6.07, 6.45) is -0.936. The largest absolute Gasteiger partial charge is 0.465 e. The second-order valence-electron chi connectivity index (χ2n) is 4.10. The number of hydrogen-bond donors (Lipinski definition) is 1. The van der Waals surface area contributed by atoms with E-state index in [1.807, 2.05) is 0 Å². The van der Waals surface area contributed by atoms with Gasteiger partial charge in [-0.1, -0.05) is 6.07 Å². The lowest BCUT2D eigenvalue weighted by Crippen LogP contribution is -2.34. The Labute approximate surface area is 112 Å². The number of aryl methyl sites for hydroxylation is 1. The molecule has 19 heavy (non-hydrogen) atoms. The van der Waals surface area contributed by atoms with E-state index < -0.39 is 6.09 Å². The summed E-state index contributed by atoms with van der Waals surface area (Å²) in [6, 6.07) is 5.20. The number of methoxy groups -OCH3 is 1. The number of hydrogen-bond acceptors (Lipinski definition) is 4. The number of ether oxygens (including phenoxy) is 1. The van der Waals surface area contributed by atoms with Gasteiger partial charge in [0, 0.05) is 32.3 Å². The van der Waals surface area contributed by atoms with E-state index in [0.717, 1.165) is 10.6 Å². The molecule has 0 atom stereocenters. The van der Waals surface area contributed by atoms with Crippen molar-refractivity contribution in [3.63, 3.8) is 0 Å². The van der Waals surface area contributed by atoms with Gasteiger partial charge in [-0.05, 0) is 19.1 Å². The number of carboxylic acid groups (broad SMARTS) is 1. The molecule has 0 aromatic carbocycles. The van der Waals surface area contributed by atoms with Crippen LogP contribution >= 0.6 is 0 Å². The van der Waals surface area contributed by atoms with Crippen LogP contribution in [0.2, 0.25) is 0 Å². The molecule has 0 spiro atoms. The smallest absolute Gasteiger partial charge is 0.407 e. The van der Waals surface area contributed by atoms with Gasteiger partial charge in [-0.25, -0.2) is 4.79 Å². The summed E-state index contributed by atoms with van der Waals surface area (Å²) in [5, 5.41) is 8.97. The van der Waals surface area contributed by atoms with Gasteiger partial charge in [0.15, 0.2) is 5.78 Å². The highest BCUT2D eigenvalue weighted by atomic mass is 16.5. The zero-order chi connectivity index (χ0) is 14.3. The lowest BCUT2D eigenvalue weighted by Gasteiger charge is -2.17. The Morgan fingerprint density at radius 1 is 1.37 bits per heavy atom. The maximum Gasteiger partial charge on any atom is 0.407 e. The molecule has 0 saturated heterocycles. The number of carbonyl (C=O) groups is 2. The average Bonchev–Trinajstić information content (AvgIpc) is 2.38. The van der Waals surface area contributed by atoms with Crippen molar-refractivity contribution in [1.29, 1.82) is 0 Å². The van der Waals surface area contributed by atoms with Crippen LogP contribution in [0.25, 0.3) is 0 Å². The lowest BCUT2D eigenvalue weighted by atomic mass is 10.2. The molecule has 1 heterocycles. The van der Waals surface area contributed by atoms with Gasteiger partial charge in [0.05, 0.1) is 6.61 Å². The van der Waals surface area contributed by atoms with Gasteiger partial charge >= 0.3 is 6.09 Å². The SMILES string of the molecule is COCCN(CCC(=O)c1cccc(C)n1)C(=O)O. The first-order valence-corrected chi connectivity index (χ1v) is 5.98. The molecule has 0 fully saturated rings. The molecule has 1 aromatic heterocycles. The summed E-state index contributed by atoms with van der Waals surface area (Å²) < 4.78 is 4.83. The van der Waals surface area contributed by atoms with Gasteiger partial charge in [0.2, 0.25) is 0 Å². The van der Waals surface area contributed by atoms with Gasteiger partial charge < -0.3 is 14.7 Å². The van der Waals surface area contributed by atoms with E-state index in [0.29, 0.717) is 12.3 Å². The summed E-state index contributed by atoms with van der Waals surface area (Å²) in [5.41, 5.74) is 1.14.